The third kappa shape index (κ3) is 4.28. The van der Waals surface area contributed by atoms with E-state index >= 15 is 0 Å². The molecule has 1 aromatic carbocycles. The van der Waals surface area contributed by atoms with Crippen molar-refractivity contribution in [2.45, 2.75) is 31.0 Å². The molecule has 1 unspecified atom stereocenters. The molecule has 112 valence electrons. The number of hydrogen-bond donors (Lipinski definition) is 1. The molecule has 1 aliphatic rings. The smallest absolute Gasteiger partial charge is 0.183 e. The SMILES string of the molecule is C[C@@H]1C[NH+](CCS(=O)(=O)c2ccc(Br)cc2)C[C@H](C)O1. The molecule has 1 saturated heterocycles. The van der Waals surface area contributed by atoms with Gasteiger partial charge < -0.3 is 9.64 Å². The lowest BCUT2D eigenvalue weighted by molar-refractivity contribution is -0.912. The van der Waals surface area contributed by atoms with Crippen LogP contribution in [0, 0.1) is 0 Å². The van der Waals surface area contributed by atoms with Crippen LogP contribution in [0.2, 0.25) is 0 Å². The van der Waals surface area contributed by atoms with Crippen molar-refractivity contribution in [2.24, 2.45) is 0 Å². The van der Waals surface area contributed by atoms with E-state index in [1.807, 2.05) is 13.8 Å². The van der Waals surface area contributed by atoms with Crippen LogP contribution in [-0.4, -0.2) is 46.0 Å². The highest BCUT2D eigenvalue weighted by atomic mass is 79.9. The summed E-state index contributed by atoms with van der Waals surface area (Å²) >= 11 is 3.31. The van der Waals surface area contributed by atoms with Gasteiger partial charge in [0.25, 0.3) is 0 Å². The molecule has 1 aliphatic heterocycles. The maximum atomic E-state index is 12.3. The van der Waals surface area contributed by atoms with Gasteiger partial charge in [-0.3, -0.25) is 0 Å². The van der Waals surface area contributed by atoms with E-state index in [0.717, 1.165) is 17.6 Å². The Balaban J connectivity index is 1.97. The summed E-state index contributed by atoms with van der Waals surface area (Å²) in [4.78, 5) is 1.70. The van der Waals surface area contributed by atoms with Crippen LogP contribution >= 0.6 is 15.9 Å². The van der Waals surface area contributed by atoms with Crippen LogP contribution < -0.4 is 4.90 Å². The summed E-state index contributed by atoms with van der Waals surface area (Å²) in [6.45, 7) is 6.47. The topological polar surface area (TPSA) is 47.8 Å². The number of sulfone groups is 1. The van der Waals surface area contributed by atoms with Crippen LogP contribution in [0.15, 0.2) is 33.6 Å². The molecule has 1 N–H and O–H groups in total. The number of hydrogen-bond acceptors (Lipinski definition) is 3. The zero-order chi connectivity index (χ0) is 14.8. The molecule has 1 aromatic rings. The molecular formula is C14H21BrNO3S+. The van der Waals surface area contributed by atoms with Crippen LogP contribution in [-0.2, 0) is 14.6 Å². The van der Waals surface area contributed by atoms with E-state index in [-0.39, 0.29) is 18.0 Å². The van der Waals surface area contributed by atoms with Gasteiger partial charge in [-0.05, 0) is 38.1 Å². The first-order valence-corrected chi connectivity index (χ1v) is 9.29. The first-order chi connectivity index (χ1) is 9.37. The Kier molecular flexibility index (Phi) is 5.23. The second kappa shape index (κ2) is 6.56. The number of quaternary nitrogens is 1. The lowest BCUT2D eigenvalue weighted by atomic mass is 10.2. The van der Waals surface area contributed by atoms with Gasteiger partial charge in [-0.1, -0.05) is 15.9 Å². The number of benzene rings is 1. The molecular weight excluding hydrogens is 342 g/mol. The Morgan fingerprint density at radius 3 is 2.30 bits per heavy atom. The first-order valence-electron chi connectivity index (χ1n) is 6.84. The Bertz CT molecular complexity index is 534. The second-order valence-electron chi connectivity index (χ2n) is 5.44. The molecule has 20 heavy (non-hydrogen) atoms. The quantitative estimate of drug-likeness (QED) is 0.866. The summed E-state index contributed by atoms with van der Waals surface area (Å²) in [6.07, 6.45) is 0.397. The van der Waals surface area contributed by atoms with E-state index in [4.69, 9.17) is 4.74 Å². The number of ether oxygens (including phenoxy) is 1. The van der Waals surface area contributed by atoms with Crippen molar-refractivity contribution in [2.75, 3.05) is 25.4 Å². The van der Waals surface area contributed by atoms with Crippen LogP contribution in [0.3, 0.4) is 0 Å². The molecule has 3 atom stereocenters. The van der Waals surface area contributed by atoms with Crippen LogP contribution in [0.5, 0.6) is 0 Å². The molecule has 4 nitrogen and oxygen atoms in total. The molecule has 0 amide bonds. The van der Waals surface area contributed by atoms with Crippen molar-refractivity contribution in [1.29, 1.82) is 0 Å². The highest BCUT2D eigenvalue weighted by Crippen LogP contribution is 2.15. The molecule has 0 radical (unpaired) electrons. The Morgan fingerprint density at radius 2 is 1.75 bits per heavy atom. The summed E-state index contributed by atoms with van der Waals surface area (Å²) in [5.74, 6) is 0.184. The minimum Gasteiger partial charge on any atom is -0.364 e. The number of rotatable bonds is 4. The Morgan fingerprint density at radius 1 is 1.20 bits per heavy atom. The molecule has 1 fully saturated rings. The van der Waals surface area contributed by atoms with Crippen molar-refractivity contribution in [3.8, 4) is 0 Å². The highest BCUT2D eigenvalue weighted by molar-refractivity contribution is 9.10. The lowest BCUT2D eigenvalue weighted by Crippen LogP contribution is -3.16. The highest BCUT2D eigenvalue weighted by Gasteiger charge is 2.27. The van der Waals surface area contributed by atoms with E-state index in [0.29, 0.717) is 11.4 Å². The predicted octanol–water partition coefficient (Wildman–Crippen LogP) is 0.915. The van der Waals surface area contributed by atoms with Crippen LogP contribution in [0.25, 0.3) is 0 Å². The van der Waals surface area contributed by atoms with E-state index in [9.17, 15) is 8.42 Å². The van der Waals surface area contributed by atoms with Crippen LogP contribution in [0.1, 0.15) is 13.8 Å². The standard InChI is InChI=1S/C14H20BrNO3S/c1-11-9-16(10-12(2)19-11)7-8-20(17,18)14-5-3-13(15)4-6-14/h3-6,11-12H,7-10H2,1-2H3/p+1/t11-,12+. The minimum absolute atomic E-state index is 0.184. The molecule has 0 saturated carbocycles. The second-order valence-corrected chi connectivity index (χ2v) is 8.46. The monoisotopic (exact) mass is 362 g/mol. The summed E-state index contributed by atoms with van der Waals surface area (Å²) in [5, 5.41) is 0. The summed E-state index contributed by atoms with van der Waals surface area (Å²) in [7, 11) is -3.19. The van der Waals surface area contributed by atoms with Crippen LogP contribution in [0.4, 0.5) is 0 Å². The van der Waals surface area contributed by atoms with Crippen molar-refractivity contribution in [3.63, 3.8) is 0 Å². The third-order valence-electron chi connectivity index (χ3n) is 3.51. The average Bonchev–Trinajstić information content (AvgIpc) is 2.36. The van der Waals surface area contributed by atoms with Gasteiger partial charge in [0.05, 0.1) is 11.4 Å². The Hall–Kier alpha value is -0.430. The first kappa shape index (κ1) is 15.9. The molecule has 0 spiro atoms. The van der Waals surface area contributed by atoms with Gasteiger partial charge in [-0.2, -0.15) is 0 Å². The van der Waals surface area contributed by atoms with E-state index < -0.39 is 9.84 Å². The normalized spacial score (nSPS) is 27.4. The predicted molar refractivity (Wildman–Crippen MR) is 81.8 cm³/mol. The van der Waals surface area contributed by atoms with Crippen molar-refractivity contribution in [3.05, 3.63) is 28.7 Å². The van der Waals surface area contributed by atoms with Gasteiger partial charge in [-0.25, -0.2) is 8.42 Å². The van der Waals surface area contributed by atoms with Gasteiger partial charge in [0.15, 0.2) is 9.84 Å². The molecule has 1 heterocycles. The maximum Gasteiger partial charge on any atom is 0.183 e. The van der Waals surface area contributed by atoms with E-state index in [1.165, 1.54) is 4.90 Å². The van der Waals surface area contributed by atoms with Gasteiger partial charge in [-0.15, -0.1) is 0 Å². The van der Waals surface area contributed by atoms with Gasteiger partial charge in [0.2, 0.25) is 0 Å². The molecule has 0 bridgehead atoms. The van der Waals surface area contributed by atoms with Crippen molar-refractivity contribution in [1.82, 2.24) is 0 Å². The molecule has 0 aliphatic carbocycles. The average molecular weight is 363 g/mol. The van der Waals surface area contributed by atoms with Crippen molar-refractivity contribution >= 4 is 25.8 Å². The fourth-order valence-electron chi connectivity index (χ4n) is 2.63. The lowest BCUT2D eigenvalue weighted by Gasteiger charge is -2.32. The largest absolute Gasteiger partial charge is 0.364 e. The Labute approximate surface area is 129 Å². The van der Waals surface area contributed by atoms with Gasteiger partial charge in [0, 0.05) is 4.47 Å². The maximum absolute atomic E-state index is 12.3. The number of nitrogens with one attached hydrogen (secondary N) is 1. The third-order valence-corrected chi connectivity index (χ3v) is 5.77. The minimum atomic E-state index is -3.19. The molecule has 2 rings (SSSR count). The van der Waals surface area contributed by atoms with Gasteiger partial charge in [0.1, 0.15) is 31.1 Å². The van der Waals surface area contributed by atoms with Crippen molar-refractivity contribution < 1.29 is 18.1 Å². The summed E-state index contributed by atoms with van der Waals surface area (Å²) in [5.41, 5.74) is 0. The fourth-order valence-corrected chi connectivity index (χ4v) is 4.24. The number of halogens is 1. The number of morpholine rings is 1. The molecule has 0 aromatic heterocycles. The zero-order valence-electron chi connectivity index (χ0n) is 11.8. The van der Waals surface area contributed by atoms with E-state index in [2.05, 4.69) is 15.9 Å². The summed E-state index contributed by atoms with van der Waals surface area (Å²) in [6, 6.07) is 6.83. The van der Waals surface area contributed by atoms with Gasteiger partial charge >= 0.3 is 0 Å². The molecule has 6 heteroatoms. The zero-order valence-corrected chi connectivity index (χ0v) is 14.2. The van der Waals surface area contributed by atoms with E-state index in [1.54, 1.807) is 24.3 Å². The fraction of sp³-hybridized carbons (Fsp3) is 0.571. The summed E-state index contributed by atoms with van der Waals surface area (Å²) < 4.78 is 31.1.